The number of nitrogens with one attached hydrogen (secondary N) is 1. The van der Waals surface area contributed by atoms with Crippen molar-refractivity contribution in [2.45, 2.75) is 25.3 Å². The number of amides is 1. The van der Waals surface area contributed by atoms with E-state index in [0.29, 0.717) is 43.3 Å². The van der Waals surface area contributed by atoms with E-state index in [4.69, 9.17) is 4.52 Å². The quantitative estimate of drug-likeness (QED) is 0.823. The fourth-order valence-corrected chi connectivity index (χ4v) is 3.77. The van der Waals surface area contributed by atoms with E-state index in [2.05, 4.69) is 15.5 Å². The zero-order valence-corrected chi connectivity index (χ0v) is 15.0. The predicted octanol–water partition coefficient (Wildman–Crippen LogP) is 0.477. The Morgan fingerprint density at radius 3 is 2.72 bits per heavy atom. The number of carbonyl (C=O) groups is 1. The molecule has 0 spiro atoms. The van der Waals surface area contributed by atoms with E-state index in [1.165, 1.54) is 10.6 Å². The first-order valence-corrected chi connectivity index (χ1v) is 9.86. The highest BCUT2D eigenvalue weighted by Gasteiger charge is 2.28. The number of sulfonamides is 1. The monoisotopic (exact) mass is 367 g/mol. The molecule has 2 aromatic heterocycles. The molecule has 0 saturated carbocycles. The molecule has 1 saturated heterocycles. The van der Waals surface area contributed by atoms with E-state index >= 15 is 0 Å². The van der Waals surface area contributed by atoms with E-state index in [1.807, 2.05) is 0 Å². The van der Waals surface area contributed by atoms with Crippen molar-refractivity contribution in [3.8, 4) is 0 Å². The van der Waals surface area contributed by atoms with Crippen LogP contribution in [0.25, 0.3) is 0 Å². The molecule has 1 amide bonds. The van der Waals surface area contributed by atoms with Gasteiger partial charge in [0.05, 0.1) is 12.8 Å². The number of hydrogen-bond donors (Lipinski definition) is 1. The summed E-state index contributed by atoms with van der Waals surface area (Å²) in [6.45, 7) is 1.06. The summed E-state index contributed by atoms with van der Waals surface area (Å²) in [4.78, 5) is 16.4. The van der Waals surface area contributed by atoms with Crippen molar-refractivity contribution in [1.82, 2.24) is 24.3 Å². The second-order valence-corrected chi connectivity index (χ2v) is 8.15. The van der Waals surface area contributed by atoms with Gasteiger partial charge < -0.3 is 14.4 Å². The molecule has 0 aromatic carbocycles. The van der Waals surface area contributed by atoms with Crippen LogP contribution < -0.4 is 5.32 Å². The Kier molecular flexibility index (Phi) is 4.91. The Morgan fingerprint density at radius 1 is 1.40 bits per heavy atom. The van der Waals surface area contributed by atoms with Gasteiger partial charge in [-0.3, -0.25) is 4.79 Å². The molecule has 1 fully saturated rings. The number of rotatable bonds is 5. The molecule has 136 valence electrons. The van der Waals surface area contributed by atoms with Gasteiger partial charge in [-0.15, -0.1) is 0 Å². The Morgan fingerprint density at radius 2 is 2.12 bits per heavy atom. The van der Waals surface area contributed by atoms with Gasteiger partial charge in [0.1, 0.15) is 5.69 Å². The van der Waals surface area contributed by atoms with Crippen LogP contribution in [0.4, 0.5) is 0 Å². The van der Waals surface area contributed by atoms with Crippen LogP contribution in [-0.4, -0.2) is 52.7 Å². The van der Waals surface area contributed by atoms with Gasteiger partial charge in [-0.25, -0.2) is 12.7 Å². The molecular weight excluding hydrogens is 346 g/mol. The van der Waals surface area contributed by atoms with Crippen LogP contribution in [0.3, 0.4) is 0 Å². The molecule has 0 bridgehead atoms. The highest BCUT2D eigenvalue weighted by atomic mass is 32.2. The van der Waals surface area contributed by atoms with Crippen molar-refractivity contribution in [2.24, 2.45) is 7.05 Å². The molecule has 1 aliphatic rings. The smallest absolute Gasteiger partial charge is 0.268 e. The lowest BCUT2D eigenvalue weighted by atomic mass is 9.98. The summed E-state index contributed by atoms with van der Waals surface area (Å²) in [6, 6.07) is 3.52. The third kappa shape index (κ3) is 4.07. The first-order valence-electron chi connectivity index (χ1n) is 8.01. The van der Waals surface area contributed by atoms with Gasteiger partial charge in [0.25, 0.3) is 5.91 Å². The minimum Gasteiger partial charge on any atom is -0.347 e. The van der Waals surface area contributed by atoms with Crippen LogP contribution in [-0.2, 0) is 23.6 Å². The fraction of sp³-hybridized carbons (Fsp3) is 0.533. The maximum atomic E-state index is 12.1. The maximum absolute atomic E-state index is 12.1. The van der Waals surface area contributed by atoms with E-state index in [-0.39, 0.29) is 18.4 Å². The van der Waals surface area contributed by atoms with Crippen LogP contribution in [0, 0.1) is 0 Å². The van der Waals surface area contributed by atoms with Crippen LogP contribution in [0.15, 0.2) is 22.9 Å². The Bertz CT molecular complexity index is 849. The summed E-state index contributed by atoms with van der Waals surface area (Å²) in [5.41, 5.74) is 0.549. The molecular formula is C15H21N5O4S. The molecule has 1 N–H and O–H groups in total. The highest BCUT2D eigenvalue weighted by molar-refractivity contribution is 7.88. The average molecular weight is 367 g/mol. The van der Waals surface area contributed by atoms with Crippen LogP contribution in [0.1, 0.15) is 41.0 Å². The molecule has 0 unspecified atom stereocenters. The minimum absolute atomic E-state index is 0.0686. The lowest BCUT2D eigenvalue weighted by Gasteiger charge is -2.28. The summed E-state index contributed by atoms with van der Waals surface area (Å²) >= 11 is 0. The molecule has 0 aliphatic carbocycles. The molecule has 0 atom stereocenters. The summed E-state index contributed by atoms with van der Waals surface area (Å²) < 4.78 is 31.5. The molecule has 2 aromatic rings. The SMILES string of the molecule is Cn1cccc1C(=O)NCc1nc(C2CCN(S(C)(=O)=O)CC2)no1. The van der Waals surface area contributed by atoms with Crippen molar-refractivity contribution in [3.63, 3.8) is 0 Å². The van der Waals surface area contributed by atoms with Gasteiger partial charge in [-0.1, -0.05) is 5.16 Å². The number of hydrogen-bond acceptors (Lipinski definition) is 6. The summed E-state index contributed by atoms with van der Waals surface area (Å²) in [5.74, 6) is 0.757. The number of aryl methyl sites for hydroxylation is 1. The van der Waals surface area contributed by atoms with Crippen LogP contribution in [0.2, 0.25) is 0 Å². The Hall–Kier alpha value is -2.20. The topological polar surface area (TPSA) is 110 Å². The highest BCUT2D eigenvalue weighted by Crippen LogP contribution is 2.26. The molecule has 0 radical (unpaired) electrons. The van der Waals surface area contributed by atoms with Crippen molar-refractivity contribution < 1.29 is 17.7 Å². The Labute approximate surface area is 146 Å². The van der Waals surface area contributed by atoms with Gasteiger partial charge in [0, 0.05) is 32.3 Å². The largest absolute Gasteiger partial charge is 0.347 e. The lowest BCUT2D eigenvalue weighted by Crippen LogP contribution is -2.37. The standard InChI is InChI=1S/C15H21N5O4S/c1-19-7-3-4-12(19)15(21)16-10-13-17-14(18-24-13)11-5-8-20(9-6-11)25(2,22)23/h3-4,7,11H,5-6,8-10H2,1-2H3,(H,16,21). The van der Waals surface area contributed by atoms with E-state index in [9.17, 15) is 13.2 Å². The van der Waals surface area contributed by atoms with E-state index in [1.54, 1.807) is 29.9 Å². The third-order valence-electron chi connectivity index (χ3n) is 4.35. The zero-order chi connectivity index (χ0) is 18.0. The first-order chi connectivity index (χ1) is 11.8. The summed E-state index contributed by atoms with van der Waals surface area (Å²) in [6.07, 6.45) is 4.32. The zero-order valence-electron chi connectivity index (χ0n) is 14.2. The second kappa shape index (κ2) is 6.96. The van der Waals surface area contributed by atoms with Crippen molar-refractivity contribution in [3.05, 3.63) is 35.7 Å². The summed E-state index contributed by atoms with van der Waals surface area (Å²) in [5, 5.41) is 6.72. The molecule has 9 nitrogen and oxygen atoms in total. The number of nitrogens with zero attached hydrogens (tertiary/aromatic N) is 4. The van der Waals surface area contributed by atoms with Gasteiger partial charge in [-0.2, -0.15) is 4.98 Å². The van der Waals surface area contributed by atoms with Gasteiger partial charge in [0.2, 0.25) is 15.9 Å². The average Bonchev–Trinajstić information content (AvgIpc) is 3.21. The molecule has 3 heterocycles. The lowest BCUT2D eigenvalue weighted by molar-refractivity contribution is 0.0938. The fourth-order valence-electron chi connectivity index (χ4n) is 2.89. The maximum Gasteiger partial charge on any atom is 0.268 e. The number of piperidine rings is 1. The minimum atomic E-state index is -3.15. The second-order valence-electron chi connectivity index (χ2n) is 6.17. The molecule has 25 heavy (non-hydrogen) atoms. The summed E-state index contributed by atoms with van der Waals surface area (Å²) in [7, 11) is -1.36. The Balaban J connectivity index is 1.55. The molecule has 10 heteroatoms. The normalized spacial score (nSPS) is 16.9. The van der Waals surface area contributed by atoms with E-state index in [0.717, 1.165) is 0 Å². The van der Waals surface area contributed by atoms with Gasteiger partial charge >= 0.3 is 0 Å². The van der Waals surface area contributed by atoms with Crippen LogP contribution in [0.5, 0.6) is 0 Å². The first kappa shape index (κ1) is 17.6. The van der Waals surface area contributed by atoms with Crippen molar-refractivity contribution in [2.75, 3.05) is 19.3 Å². The molecule has 1 aliphatic heterocycles. The van der Waals surface area contributed by atoms with E-state index < -0.39 is 10.0 Å². The van der Waals surface area contributed by atoms with Gasteiger partial charge in [-0.05, 0) is 25.0 Å². The predicted molar refractivity (Wildman–Crippen MR) is 89.3 cm³/mol. The van der Waals surface area contributed by atoms with Crippen molar-refractivity contribution in [1.29, 1.82) is 0 Å². The van der Waals surface area contributed by atoms with Gasteiger partial charge in [0.15, 0.2) is 5.82 Å². The third-order valence-corrected chi connectivity index (χ3v) is 5.65. The van der Waals surface area contributed by atoms with Crippen LogP contribution >= 0.6 is 0 Å². The number of aromatic nitrogens is 3. The number of carbonyl (C=O) groups excluding carboxylic acids is 1. The van der Waals surface area contributed by atoms with Crippen molar-refractivity contribution >= 4 is 15.9 Å². The molecule has 3 rings (SSSR count).